The Balaban J connectivity index is 2.49. The van der Waals surface area contributed by atoms with Gasteiger partial charge in [0.25, 0.3) is 0 Å². The third-order valence-corrected chi connectivity index (χ3v) is 12.1. The molecule has 1 aromatic carbocycles. The van der Waals surface area contributed by atoms with Crippen molar-refractivity contribution in [1.82, 2.24) is 0 Å². The van der Waals surface area contributed by atoms with Crippen LogP contribution in [0.25, 0.3) is 0 Å². The van der Waals surface area contributed by atoms with Crippen LogP contribution in [0.2, 0.25) is 37.8 Å². The molecule has 2 rings (SSSR count). The minimum atomic E-state index is -1.94. The zero-order chi connectivity index (χ0) is 18.3. The summed E-state index contributed by atoms with van der Waals surface area (Å²) in [6.07, 6.45) is 2.67. The number of carbonyl (C=O) groups is 1. The van der Waals surface area contributed by atoms with E-state index in [1.54, 1.807) is 0 Å². The van der Waals surface area contributed by atoms with Crippen LogP contribution in [-0.4, -0.2) is 22.2 Å². The third kappa shape index (κ3) is 3.91. The first kappa shape index (κ1) is 19.2. The van der Waals surface area contributed by atoms with Crippen LogP contribution in [-0.2, 0) is 4.43 Å². The molecule has 1 aliphatic rings. The van der Waals surface area contributed by atoms with Crippen LogP contribution >= 0.6 is 0 Å². The van der Waals surface area contributed by atoms with Gasteiger partial charge in [0.1, 0.15) is 0 Å². The van der Waals surface area contributed by atoms with Gasteiger partial charge in [0.2, 0.25) is 8.32 Å². The van der Waals surface area contributed by atoms with Crippen LogP contribution in [0.4, 0.5) is 0 Å². The van der Waals surface area contributed by atoms with Crippen molar-refractivity contribution in [3.8, 4) is 0 Å². The van der Waals surface area contributed by atoms with Crippen LogP contribution in [0.15, 0.2) is 36.1 Å². The van der Waals surface area contributed by atoms with Gasteiger partial charge in [-0.05, 0) is 29.8 Å². The topological polar surface area (TPSA) is 26.3 Å². The van der Waals surface area contributed by atoms with Gasteiger partial charge in [0.05, 0.1) is 20.3 Å². The highest BCUT2D eigenvalue weighted by Crippen LogP contribution is 2.41. The van der Waals surface area contributed by atoms with E-state index < -0.39 is 16.4 Å². The van der Waals surface area contributed by atoms with Crippen molar-refractivity contribution >= 4 is 22.2 Å². The number of ketones is 1. The molecule has 1 atom stereocenters. The van der Waals surface area contributed by atoms with Crippen molar-refractivity contribution in [3.05, 3.63) is 47.2 Å². The van der Waals surface area contributed by atoms with Gasteiger partial charge in [0, 0.05) is 11.1 Å². The molecule has 0 heterocycles. The predicted molar refractivity (Wildman–Crippen MR) is 108 cm³/mol. The van der Waals surface area contributed by atoms with Crippen LogP contribution in [0.1, 0.15) is 48.7 Å². The smallest absolute Gasteiger partial charge is 0.250 e. The molecule has 4 heteroatoms. The number of benzene rings is 1. The molecule has 1 unspecified atom stereocenters. The Bertz CT molecular complexity index is 661. The number of rotatable bonds is 3. The van der Waals surface area contributed by atoms with Gasteiger partial charge in [0.15, 0.2) is 5.78 Å². The number of hydrogen-bond donors (Lipinski definition) is 0. The van der Waals surface area contributed by atoms with E-state index in [1.807, 2.05) is 18.2 Å². The van der Waals surface area contributed by atoms with Gasteiger partial charge in [-0.15, -0.1) is 0 Å². The van der Waals surface area contributed by atoms with Gasteiger partial charge in [-0.2, -0.15) is 0 Å². The molecule has 1 aliphatic carbocycles. The maximum Gasteiger partial charge on any atom is 0.250 e. The van der Waals surface area contributed by atoms with E-state index >= 15 is 0 Å². The van der Waals surface area contributed by atoms with E-state index in [9.17, 15) is 4.79 Å². The molecule has 0 spiro atoms. The quantitative estimate of drug-likeness (QED) is 0.605. The molecule has 0 N–H and O–H groups in total. The Morgan fingerprint density at radius 3 is 2.17 bits per heavy atom. The summed E-state index contributed by atoms with van der Waals surface area (Å²) in [4.78, 5) is 12.8. The molecule has 2 nitrogen and oxygen atoms in total. The van der Waals surface area contributed by atoms with Crippen molar-refractivity contribution in [2.24, 2.45) is 0 Å². The van der Waals surface area contributed by atoms with Crippen LogP contribution in [0.5, 0.6) is 0 Å². The molecule has 24 heavy (non-hydrogen) atoms. The van der Waals surface area contributed by atoms with Crippen molar-refractivity contribution < 1.29 is 9.22 Å². The molecular formula is C20H32O2Si2. The maximum atomic E-state index is 12.8. The lowest BCUT2D eigenvalue weighted by molar-refractivity contribution is 0.0981. The second-order valence-electron chi connectivity index (χ2n) is 9.53. The normalized spacial score (nSPS) is 19.4. The standard InChI is InChI=1S/C20H32O2Si2/c1-20(2,3)24(7,8)22-15-13-18(21)16-11-9-10-12-17(16)19(14-15)23(4,5)6/h9-12,14,19H,13H2,1-8H3. The summed E-state index contributed by atoms with van der Waals surface area (Å²) in [5, 5.41) is 0.130. The first-order valence-electron chi connectivity index (χ1n) is 8.85. The summed E-state index contributed by atoms with van der Waals surface area (Å²) < 4.78 is 6.55. The summed E-state index contributed by atoms with van der Waals surface area (Å²) in [5.41, 5.74) is 2.39. The van der Waals surface area contributed by atoms with Gasteiger partial charge in [-0.1, -0.05) is 64.7 Å². The average molecular weight is 361 g/mol. The van der Waals surface area contributed by atoms with E-state index in [2.05, 4.69) is 65.6 Å². The fourth-order valence-corrected chi connectivity index (χ4v) is 5.85. The van der Waals surface area contributed by atoms with Crippen molar-refractivity contribution in [2.75, 3.05) is 0 Å². The Labute approximate surface area is 149 Å². The van der Waals surface area contributed by atoms with Crippen molar-refractivity contribution in [3.63, 3.8) is 0 Å². The monoisotopic (exact) mass is 360 g/mol. The highest BCUT2D eigenvalue weighted by atomic mass is 28.4. The molecule has 0 amide bonds. The molecule has 0 bridgehead atoms. The van der Waals surface area contributed by atoms with E-state index in [0.717, 1.165) is 11.3 Å². The first-order valence-corrected chi connectivity index (χ1v) is 15.3. The molecule has 132 valence electrons. The molecule has 0 fully saturated rings. The number of Topliss-reactive ketones (excluding diaryl/α,β-unsaturated/α-hetero) is 1. The zero-order valence-electron chi connectivity index (χ0n) is 16.5. The lowest BCUT2D eigenvalue weighted by Gasteiger charge is -2.37. The van der Waals surface area contributed by atoms with Gasteiger partial charge in [-0.25, -0.2) is 0 Å². The Morgan fingerprint density at radius 2 is 1.62 bits per heavy atom. The van der Waals surface area contributed by atoms with Crippen molar-refractivity contribution in [2.45, 2.75) is 70.5 Å². The minimum absolute atomic E-state index is 0.130. The summed E-state index contributed by atoms with van der Waals surface area (Å²) in [7, 11) is -3.47. The lowest BCUT2D eigenvalue weighted by atomic mass is 10.0. The summed E-state index contributed by atoms with van der Waals surface area (Å²) in [5.74, 6) is 1.09. The molecular weight excluding hydrogens is 328 g/mol. The molecule has 0 saturated carbocycles. The van der Waals surface area contributed by atoms with Crippen molar-refractivity contribution in [1.29, 1.82) is 0 Å². The Kier molecular flexibility index (Phi) is 5.04. The molecule has 0 aliphatic heterocycles. The molecule has 1 aromatic rings. The number of fused-ring (bicyclic) bond motifs is 1. The first-order chi connectivity index (χ1) is 10.8. The average Bonchev–Trinajstić information content (AvgIpc) is 2.54. The van der Waals surface area contributed by atoms with E-state index in [4.69, 9.17) is 4.43 Å². The lowest BCUT2D eigenvalue weighted by Crippen LogP contribution is -2.40. The Hall–Kier alpha value is -1.14. The second kappa shape index (κ2) is 6.30. The van der Waals surface area contributed by atoms with Gasteiger partial charge < -0.3 is 4.43 Å². The van der Waals surface area contributed by atoms with Crippen LogP contribution < -0.4 is 0 Å². The van der Waals surface area contributed by atoms with E-state index in [1.165, 1.54) is 5.56 Å². The Morgan fingerprint density at radius 1 is 1.04 bits per heavy atom. The highest BCUT2D eigenvalue weighted by Gasteiger charge is 2.41. The maximum absolute atomic E-state index is 12.8. The number of carbonyl (C=O) groups excluding carboxylic acids is 1. The zero-order valence-corrected chi connectivity index (χ0v) is 18.5. The molecule has 0 saturated heterocycles. The third-order valence-electron chi connectivity index (χ3n) is 5.41. The fraction of sp³-hybridized carbons (Fsp3) is 0.550. The molecule has 0 aromatic heterocycles. The highest BCUT2D eigenvalue weighted by molar-refractivity contribution is 6.78. The second-order valence-corrected chi connectivity index (χ2v) is 19.6. The minimum Gasteiger partial charge on any atom is -0.546 e. The van der Waals surface area contributed by atoms with Crippen LogP contribution in [0, 0.1) is 0 Å². The summed E-state index contributed by atoms with van der Waals surface area (Å²) >= 11 is 0. The molecule has 0 radical (unpaired) electrons. The number of hydrogen-bond acceptors (Lipinski definition) is 2. The van der Waals surface area contributed by atoms with E-state index in [-0.39, 0.29) is 10.8 Å². The summed E-state index contributed by atoms with van der Waals surface area (Å²) in [6.45, 7) is 18.3. The number of allylic oxidation sites excluding steroid dienone is 2. The van der Waals surface area contributed by atoms with Crippen LogP contribution in [0.3, 0.4) is 0 Å². The largest absolute Gasteiger partial charge is 0.546 e. The SMILES string of the molecule is CC(C)(C)[Si](C)(C)OC1=CC([Si](C)(C)C)c2ccccc2C(=O)C1. The fourth-order valence-electron chi connectivity index (χ4n) is 2.88. The summed E-state index contributed by atoms with van der Waals surface area (Å²) in [6, 6.07) is 8.13. The van der Waals surface area contributed by atoms with E-state index in [0.29, 0.717) is 12.0 Å². The predicted octanol–water partition coefficient (Wildman–Crippen LogP) is 6.14. The van der Waals surface area contributed by atoms with Gasteiger partial charge in [-0.3, -0.25) is 4.79 Å². The van der Waals surface area contributed by atoms with Gasteiger partial charge >= 0.3 is 0 Å².